The first-order chi connectivity index (χ1) is 11.7. The standard InChI is InChI=1S/C18H11Cl2N3S/c19-11-8-12(20)10-13(9-11)21-18-17(16-6-3-7-24-16)22-14-4-1-2-5-15(14)23-18/h1-10H,(H,21,23). The third-order valence-corrected chi connectivity index (χ3v) is 4.76. The Labute approximate surface area is 152 Å². The Bertz CT molecular complexity index is 996. The van der Waals surface area contributed by atoms with E-state index in [1.807, 2.05) is 53.9 Å². The first-order valence-electron chi connectivity index (χ1n) is 7.23. The van der Waals surface area contributed by atoms with Gasteiger partial charge in [0.15, 0.2) is 5.82 Å². The van der Waals surface area contributed by atoms with E-state index in [0.29, 0.717) is 15.9 Å². The largest absolute Gasteiger partial charge is 0.338 e. The highest BCUT2D eigenvalue weighted by Gasteiger charge is 2.12. The SMILES string of the molecule is Clc1cc(Cl)cc(Nc2nc3ccccc3nc2-c2cccs2)c1. The van der Waals surface area contributed by atoms with Gasteiger partial charge in [-0.2, -0.15) is 0 Å². The van der Waals surface area contributed by atoms with Gasteiger partial charge in [-0.3, -0.25) is 0 Å². The fourth-order valence-electron chi connectivity index (χ4n) is 2.44. The minimum atomic E-state index is 0.566. The van der Waals surface area contributed by atoms with Crippen molar-refractivity contribution in [3.8, 4) is 10.6 Å². The number of fused-ring (bicyclic) bond motifs is 1. The van der Waals surface area contributed by atoms with Crippen LogP contribution in [0.1, 0.15) is 0 Å². The number of nitrogens with zero attached hydrogens (tertiary/aromatic N) is 2. The van der Waals surface area contributed by atoms with Crippen LogP contribution in [0, 0.1) is 0 Å². The first kappa shape index (κ1) is 15.4. The van der Waals surface area contributed by atoms with Crippen molar-refractivity contribution in [3.05, 3.63) is 70.0 Å². The molecule has 0 aliphatic heterocycles. The van der Waals surface area contributed by atoms with Gasteiger partial charge in [-0.15, -0.1) is 11.3 Å². The fraction of sp³-hybridized carbons (Fsp3) is 0. The number of thiophene rings is 1. The molecule has 3 nitrogen and oxygen atoms in total. The highest BCUT2D eigenvalue weighted by molar-refractivity contribution is 7.13. The zero-order valence-corrected chi connectivity index (χ0v) is 14.7. The predicted molar refractivity (Wildman–Crippen MR) is 103 cm³/mol. The molecule has 2 aromatic heterocycles. The molecule has 0 radical (unpaired) electrons. The summed E-state index contributed by atoms with van der Waals surface area (Å²) < 4.78 is 0. The van der Waals surface area contributed by atoms with Crippen LogP contribution in [-0.2, 0) is 0 Å². The molecule has 0 unspecified atom stereocenters. The van der Waals surface area contributed by atoms with Gasteiger partial charge in [-0.25, -0.2) is 9.97 Å². The molecule has 0 aliphatic rings. The van der Waals surface area contributed by atoms with Crippen LogP contribution in [0.4, 0.5) is 11.5 Å². The number of halogens is 2. The second-order valence-electron chi connectivity index (χ2n) is 5.17. The van der Waals surface area contributed by atoms with Gasteiger partial charge in [0.1, 0.15) is 5.69 Å². The summed E-state index contributed by atoms with van der Waals surface area (Å²) in [6.45, 7) is 0. The van der Waals surface area contributed by atoms with E-state index in [2.05, 4.69) is 5.32 Å². The van der Waals surface area contributed by atoms with Crippen molar-refractivity contribution in [2.24, 2.45) is 0 Å². The molecule has 0 fully saturated rings. The number of anilines is 2. The van der Waals surface area contributed by atoms with Gasteiger partial charge in [0.25, 0.3) is 0 Å². The third-order valence-electron chi connectivity index (χ3n) is 3.45. The zero-order valence-electron chi connectivity index (χ0n) is 12.3. The molecule has 2 aromatic carbocycles. The molecule has 0 saturated heterocycles. The van der Waals surface area contributed by atoms with Crippen molar-refractivity contribution in [2.45, 2.75) is 0 Å². The van der Waals surface area contributed by atoms with E-state index < -0.39 is 0 Å². The van der Waals surface area contributed by atoms with Crippen LogP contribution in [0.15, 0.2) is 60.0 Å². The minimum absolute atomic E-state index is 0.566. The average molecular weight is 372 g/mol. The van der Waals surface area contributed by atoms with E-state index in [9.17, 15) is 0 Å². The molecule has 24 heavy (non-hydrogen) atoms. The average Bonchev–Trinajstić information content (AvgIpc) is 3.07. The summed E-state index contributed by atoms with van der Waals surface area (Å²) in [5.74, 6) is 0.675. The van der Waals surface area contributed by atoms with Crippen LogP contribution < -0.4 is 5.32 Å². The number of hydrogen-bond donors (Lipinski definition) is 1. The van der Waals surface area contributed by atoms with Gasteiger partial charge in [-0.1, -0.05) is 41.4 Å². The molecule has 1 N–H and O–H groups in total. The number of nitrogens with one attached hydrogen (secondary N) is 1. The molecule has 4 aromatic rings. The quantitative estimate of drug-likeness (QED) is 0.452. The van der Waals surface area contributed by atoms with Gasteiger partial charge in [-0.05, 0) is 41.8 Å². The van der Waals surface area contributed by atoms with Gasteiger partial charge in [0.05, 0.1) is 15.9 Å². The number of hydrogen-bond acceptors (Lipinski definition) is 4. The molecule has 0 aliphatic carbocycles. The monoisotopic (exact) mass is 371 g/mol. The van der Waals surface area contributed by atoms with E-state index in [0.717, 1.165) is 27.3 Å². The molecule has 0 spiro atoms. The van der Waals surface area contributed by atoms with Gasteiger partial charge >= 0.3 is 0 Å². The number of rotatable bonds is 3. The van der Waals surface area contributed by atoms with Crippen molar-refractivity contribution in [3.63, 3.8) is 0 Å². The van der Waals surface area contributed by atoms with Crippen LogP contribution in [0.3, 0.4) is 0 Å². The fourth-order valence-corrected chi connectivity index (χ4v) is 3.68. The van der Waals surface area contributed by atoms with Crippen LogP contribution in [0.5, 0.6) is 0 Å². The van der Waals surface area contributed by atoms with Crippen molar-refractivity contribution in [1.29, 1.82) is 0 Å². The number of para-hydroxylation sites is 2. The Kier molecular flexibility index (Phi) is 4.10. The highest BCUT2D eigenvalue weighted by atomic mass is 35.5. The van der Waals surface area contributed by atoms with Crippen LogP contribution in [-0.4, -0.2) is 9.97 Å². The van der Waals surface area contributed by atoms with E-state index in [4.69, 9.17) is 33.2 Å². The maximum absolute atomic E-state index is 6.09. The van der Waals surface area contributed by atoms with Gasteiger partial charge < -0.3 is 5.32 Å². The highest BCUT2D eigenvalue weighted by Crippen LogP contribution is 2.33. The van der Waals surface area contributed by atoms with Gasteiger partial charge in [0, 0.05) is 15.7 Å². The Morgan fingerprint density at radius 1 is 0.833 bits per heavy atom. The summed E-state index contributed by atoms with van der Waals surface area (Å²) >= 11 is 13.8. The lowest BCUT2D eigenvalue weighted by Gasteiger charge is -2.11. The summed E-state index contributed by atoms with van der Waals surface area (Å²) in [6, 6.07) is 17.1. The Balaban J connectivity index is 1.87. The summed E-state index contributed by atoms with van der Waals surface area (Å²) in [4.78, 5) is 10.6. The summed E-state index contributed by atoms with van der Waals surface area (Å²) in [5.41, 5.74) is 3.26. The lowest BCUT2D eigenvalue weighted by molar-refractivity contribution is 1.29. The maximum atomic E-state index is 6.09. The molecule has 4 rings (SSSR count). The predicted octanol–water partition coefficient (Wildman–Crippen LogP) is 6.41. The Morgan fingerprint density at radius 3 is 2.21 bits per heavy atom. The third kappa shape index (κ3) is 3.08. The van der Waals surface area contributed by atoms with E-state index >= 15 is 0 Å². The van der Waals surface area contributed by atoms with Crippen molar-refractivity contribution in [1.82, 2.24) is 9.97 Å². The normalized spacial score (nSPS) is 10.9. The molecule has 2 heterocycles. The summed E-state index contributed by atoms with van der Waals surface area (Å²) in [5, 5.41) is 6.45. The summed E-state index contributed by atoms with van der Waals surface area (Å²) in [7, 11) is 0. The smallest absolute Gasteiger partial charge is 0.158 e. The van der Waals surface area contributed by atoms with E-state index in [1.165, 1.54) is 0 Å². The topological polar surface area (TPSA) is 37.8 Å². The second kappa shape index (κ2) is 6.40. The van der Waals surface area contributed by atoms with E-state index in [-0.39, 0.29) is 0 Å². The van der Waals surface area contributed by atoms with Crippen LogP contribution in [0.25, 0.3) is 21.6 Å². The van der Waals surface area contributed by atoms with Gasteiger partial charge in [0.2, 0.25) is 0 Å². The number of benzene rings is 2. The molecule has 6 heteroatoms. The Morgan fingerprint density at radius 2 is 1.54 bits per heavy atom. The van der Waals surface area contributed by atoms with E-state index in [1.54, 1.807) is 17.4 Å². The zero-order chi connectivity index (χ0) is 16.5. The Hall–Kier alpha value is -2.14. The molecule has 118 valence electrons. The molecular formula is C18H11Cl2N3S. The van der Waals surface area contributed by atoms with Crippen LogP contribution in [0.2, 0.25) is 10.0 Å². The maximum Gasteiger partial charge on any atom is 0.158 e. The second-order valence-corrected chi connectivity index (χ2v) is 6.99. The van der Waals surface area contributed by atoms with Crippen molar-refractivity contribution in [2.75, 3.05) is 5.32 Å². The van der Waals surface area contributed by atoms with Crippen molar-refractivity contribution >= 4 is 57.1 Å². The lowest BCUT2D eigenvalue weighted by atomic mass is 10.2. The lowest BCUT2D eigenvalue weighted by Crippen LogP contribution is -1.99. The molecule has 0 saturated carbocycles. The molecule has 0 bridgehead atoms. The van der Waals surface area contributed by atoms with Crippen LogP contribution >= 0.6 is 34.5 Å². The molecule has 0 atom stereocenters. The molecule has 0 amide bonds. The number of aromatic nitrogens is 2. The minimum Gasteiger partial charge on any atom is -0.338 e. The van der Waals surface area contributed by atoms with Crippen molar-refractivity contribution < 1.29 is 0 Å². The first-order valence-corrected chi connectivity index (χ1v) is 8.86. The summed E-state index contributed by atoms with van der Waals surface area (Å²) in [6.07, 6.45) is 0. The molecular weight excluding hydrogens is 361 g/mol.